The summed E-state index contributed by atoms with van der Waals surface area (Å²) in [6.45, 7) is 3.52. The Labute approximate surface area is 264 Å². The van der Waals surface area contributed by atoms with Gasteiger partial charge in [-0.05, 0) is 53.6 Å². The van der Waals surface area contributed by atoms with E-state index in [1.54, 1.807) is 12.1 Å². The summed E-state index contributed by atoms with van der Waals surface area (Å²) in [5, 5.41) is 15.8. The summed E-state index contributed by atoms with van der Waals surface area (Å²) in [6.07, 6.45) is 0.320. The number of fused-ring (bicyclic) bond motifs is 7. The smallest absolute Gasteiger partial charge is 0.258 e. The lowest BCUT2D eigenvalue weighted by Crippen LogP contribution is -2.45. The lowest BCUT2D eigenvalue weighted by atomic mass is 10.1. The normalized spacial score (nSPS) is 18.5. The highest BCUT2D eigenvalue weighted by Gasteiger charge is 2.36. The van der Waals surface area contributed by atoms with Gasteiger partial charge in [0.15, 0.2) is 6.61 Å². The predicted octanol–water partition coefficient (Wildman–Crippen LogP) is 2.51. The largest absolute Gasteiger partial charge is 0.487 e. The number of rotatable bonds is 6. The summed E-state index contributed by atoms with van der Waals surface area (Å²) in [6, 6.07) is 17.3. The summed E-state index contributed by atoms with van der Waals surface area (Å²) < 4.78 is 25.8. The Morgan fingerprint density at radius 1 is 1.07 bits per heavy atom. The quantitative estimate of drug-likeness (QED) is 0.255. The number of ether oxygens (including phenoxy) is 2. The summed E-state index contributed by atoms with van der Waals surface area (Å²) in [7, 11) is 0. The van der Waals surface area contributed by atoms with E-state index in [0.717, 1.165) is 17.2 Å². The molecule has 3 aromatic carbocycles. The number of amides is 3. The van der Waals surface area contributed by atoms with Crippen molar-refractivity contribution in [3.8, 4) is 11.5 Å². The van der Waals surface area contributed by atoms with Gasteiger partial charge in [0.2, 0.25) is 0 Å². The van der Waals surface area contributed by atoms with Gasteiger partial charge in [-0.2, -0.15) is 5.10 Å². The molecule has 13 heteroatoms. The molecule has 0 radical (unpaired) electrons. The lowest BCUT2D eigenvalue weighted by Gasteiger charge is -2.22. The second kappa shape index (κ2) is 13.8. The third kappa shape index (κ3) is 7.67. The molecule has 1 aromatic heterocycles. The van der Waals surface area contributed by atoms with Crippen molar-refractivity contribution in [2.45, 2.75) is 45.1 Å². The Morgan fingerprint density at radius 2 is 1.91 bits per heavy atom. The number of hydrogen-bond donors (Lipinski definition) is 4. The Balaban J connectivity index is 1.26. The zero-order valence-corrected chi connectivity index (χ0v) is 25.2. The number of aromatic amines is 1. The second-order valence-electron chi connectivity index (χ2n) is 11.3. The van der Waals surface area contributed by atoms with Crippen molar-refractivity contribution in [3.05, 3.63) is 106 Å². The highest BCUT2D eigenvalue weighted by molar-refractivity contribution is 6.00. The minimum Gasteiger partial charge on any atom is -0.487 e. The Morgan fingerprint density at radius 3 is 2.70 bits per heavy atom. The van der Waals surface area contributed by atoms with E-state index in [4.69, 9.17) is 9.47 Å². The maximum absolute atomic E-state index is 13.7. The van der Waals surface area contributed by atoms with Crippen LogP contribution in [0, 0.1) is 5.82 Å². The van der Waals surface area contributed by atoms with E-state index in [1.165, 1.54) is 30.3 Å². The molecule has 1 saturated heterocycles. The van der Waals surface area contributed by atoms with Crippen LogP contribution in [0.3, 0.4) is 0 Å². The fourth-order valence-corrected chi connectivity index (χ4v) is 5.40. The van der Waals surface area contributed by atoms with E-state index in [1.807, 2.05) is 31.2 Å². The number of nitrogens with one attached hydrogen (secondary N) is 4. The van der Waals surface area contributed by atoms with Crippen LogP contribution in [0.2, 0.25) is 0 Å². The third-order valence-corrected chi connectivity index (χ3v) is 7.77. The number of aromatic nitrogens is 3. The van der Waals surface area contributed by atoms with Crippen molar-refractivity contribution >= 4 is 17.7 Å². The first kappa shape index (κ1) is 30.7. The molecule has 7 rings (SSSR count). The molecule has 4 aromatic rings. The van der Waals surface area contributed by atoms with Gasteiger partial charge in [0.05, 0.1) is 12.6 Å². The summed E-state index contributed by atoms with van der Waals surface area (Å²) in [5.41, 5.74) is 1.77. The number of H-pyrrole nitrogens is 1. The molecule has 3 amide bonds. The molecule has 4 bridgehead atoms. The number of carbonyl (C=O) groups is 3. The van der Waals surface area contributed by atoms with Crippen LogP contribution in [0.15, 0.2) is 66.7 Å². The zero-order chi connectivity index (χ0) is 32.0. The first-order chi connectivity index (χ1) is 22.3. The highest BCUT2D eigenvalue weighted by atomic mass is 19.1. The number of halogens is 1. The molecule has 4 N–H and O–H groups in total. The summed E-state index contributed by atoms with van der Waals surface area (Å²) >= 11 is 0. The minimum absolute atomic E-state index is 0.0766. The fourth-order valence-electron chi connectivity index (χ4n) is 5.40. The van der Waals surface area contributed by atoms with Crippen LogP contribution in [0.1, 0.15) is 50.4 Å². The maximum Gasteiger partial charge on any atom is 0.258 e. The highest BCUT2D eigenvalue weighted by Crippen LogP contribution is 2.23. The zero-order valence-electron chi connectivity index (χ0n) is 25.2. The van der Waals surface area contributed by atoms with E-state index in [0.29, 0.717) is 37.4 Å². The molecule has 12 nitrogen and oxygen atoms in total. The van der Waals surface area contributed by atoms with E-state index in [-0.39, 0.29) is 42.5 Å². The molecule has 0 spiro atoms. The minimum atomic E-state index is -0.493. The molecule has 2 atom stereocenters. The lowest BCUT2D eigenvalue weighted by molar-refractivity contribution is -0.123. The van der Waals surface area contributed by atoms with Gasteiger partial charge >= 0.3 is 0 Å². The van der Waals surface area contributed by atoms with E-state index in [9.17, 15) is 18.8 Å². The van der Waals surface area contributed by atoms with Crippen molar-refractivity contribution < 1.29 is 28.2 Å². The van der Waals surface area contributed by atoms with Gasteiger partial charge in [-0.3, -0.25) is 24.4 Å². The maximum atomic E-state index is 13.7. The monoisotopic (exact) mass is 627 g/mol. The van der Waals surface area contributed by atoms with Crippen molar-refractivity contribution in [3.63, 3.8) is 0 Å². The number of aryl methyl sites for hydroxylation is 1. The van der Waals surface area contributed by atoms with Crippen molar-refractivity contribution in [1.82, 2.24) is 36.0 Å². The molecule has 1 fully saturated rings. The number of nitrogens with zero attached hydrogens (tertiary/aromatic N) is 3. The van der Waals surface area contributed by atoms with Gasteiger partial charge in [0.25, 0.3) is 17.7 Å². The Bertz CT molecular complexity index is 1730. The fraction of sp³-hybridized carbons (Fsp3) is 0.303. The Kier molecular flexibility index (Phi) is 9.20. The molecule has 3 aliphatic rings. The number of hydrogen-bond acceptors (Lipinski definition) is 8. The SMILES string of the molecule is CCc1n[nH]c(CN2C[C@@H]3NC(=O)c4cc(cc(C(=O)NCc5cccc(F)c5)c4)OCC(=O)NCc4ccc(cc4)O[C@H]3C2)n1. The van der Waals surface area contributed by atoms with Gasteiger partial charge in [-0.1, -0.05) is 31.2 Å². The molecule has 46 heavy (non-hydrogen) atoms. The van der Waals surface area contributed by atoms with E-state index in [2.05, 4.69) is 36.0 Å². The molecule has 0 unspecified atom stereocenters. The molecule has 0 saturated carbocycles. The van der Waals surface area contributed by atoms with Crippen LogP contribution in [-0.2, 0) is 30.8 Å². The third-order valence-electron chi connectivity index (χ3n) is 7.77. The van der Waals surface area contributed by atoms with Crippen molar-refractivity contribution in [2.75, 3.05) is 19.7 Å². The summed E-state index contributed by atoms with van der Waals surface area (Å²) in [4.78, 5) is 46.1. The molecular weight excluding hydrogens is 593 g/mol. The van der Waals surface area contributed by atoms with E-state index < -0.39 is 29.8 Å². The number of carbonyl (C=O) groups excluding carboxylic acids is 3. The average Bonchev–Trinajstić information content (AvgIpc) is 3.67. The van der Waals surface area contributed by atoms with Crippen LogP contribution in [-0.4, -0.2) is 69.6 Å². The standard InChI is InChI=1S/C33H34FN7O5/c1-2-29-38-30(40-39-29)18-41-16-27-28(17-41)46-25-8-6-20(7-9-25)14-35-31(42)19-45-26-12-22(11-23(13-26)33(44)37-27)32(43)36-15-21-4-3-5-24(34)10-21/h3-13,27-28H,2,14-19H2,1H3,(H,35,42)(H,36,43)(H,37,44)(H,38,39,40)/t27-,28-/m0/s1. The van der Waals surface area contributed by atoms with E-state index >= 15 is 0 Å². The number of benzene rings is 3. The molecule has 4 heterocycles. The first-order valence-electron chi connectivity index (χ1n) is 15.1. The van der Waals surface area contributed by atoms with Crippen LogP contribution < -0.4 is 25.4 Å². The van der Waals surface area contributed by atoms with Gasteiger partial charge in [0, 0.05) is 43.7 Å². The molecule has 238 valence electrons. The van der Waals surface area contributed by atoms with Crippen molar-refractivity contribution in [2.24, 2.45) is 0 Å². The van der Waals surface area contributed by atoms with Gasteiger partial charge in [-0.15, -0.1) is 0 Å². The van der Waals surface area contributed by atoms with Crippen LogP contribution in [0.4, 0.5) is 4.39 Å². The summed E-state index contributed by atoms with van der Waals surface area (Å²) in [5.74, 6) is 0.533. The van der Waals surface area contributed by atoms with Crippen LogP contribution in [0.25, 0.3) is 0 Å². The topological polar surface area (TPSA) is 151 Å². The first-order valence-corrected chi connectivity index (χ1v) is 15.1. The number of likely N-dealkylation sites (tertiary alicyclic amines) is 1. The average molecular weight is 628 g/mol. The Hall–Kier alpha value is -5.30. The second-order valence-corrected chi connectivity index (χ2v) is 11.3. The molecule has 0 aliphatic carbocycles. The van der Waals surface area contributed by atoms with Gasteiger partial charge < -0.3 is 25.4 Å². The predicted molar refractivity (Wildman–Crippen MR) is 165 cm³/mol. The van der Waals surface area contributed by atoms with Crippen LogP contribution in [0.5, 0.6) is 11.5 Å². The molecular formula is C33H34FN7O5. The van der Waals surface area contributed by atoms with Gasteiger partial charge in [0.1, 0.15) is 35.1 Å². The van der Waals surface area contributed by atoms with Crippen LogP contribution >= 0.6 is 0 Å². The molecule has 3 aliphatic heterocycles. The van der Waals surface area contributed by atoms with Crippen molar-refractivity contribution in [1.29, 1.82) is 0 Å². The van der Waals surface area contributed by atoms with Gasteiger partial charge in [-0.25, -0.2) is 9.37 Å².